The van der Waals surface area contributed by atoms with Gasteiger partial charge in [0.15, 0.2) is 0 Å². The minimum Gasteiger partial charge on any atom is -0.354 e. The Bertz CT molecular complexity index is 1380. The van der Waals surface area contributed by atoms with Crippen molar-refractivity contribution < 1.29 is 18.0 Å². The number of hydrogen-bond acceptors (Lipinski definition) is 4. The Morgan fingerprint density at radius 1 is 0.949 bits per heavy atom. The summed E-state index contributed by atoms with van der Waals surface area (Å²) in [5, 5.41) is 3.27. The zero-order valence-electron chi connectivity index (χ0n) is 22.2. The number of nitrogens with zero attached hydrogens (tertiary/aromatic N) is 2. The lowest BCUT2D eigenvalue weighted by Gasteiger charge is -2.32. The van der Waals surface area contributed by atoms with Gasteiger partial charge in [-0.2, -0.15) is 0 Å². The van der Waals surface area contributed by atoms with Crippen molar-refractivity contribution in [2.45, 2.75) is 51.1 Å². The standard InChI is InChI=1S/C29H33Cl2N3O4S/c1-4-5-17-32-29(36)22(3)33(19-23-13-11-21(2)12-14-23)28(35)20-34(24-15-16-26(30)27(31)18-24)39(37,38)25-9-7-6-8-10-25/h6-16,18,22H,4-5,17,19-20H2,1-3H3,(H,32,36)/t22-/m0/s1. The molecule has 7 nitrogen and oxygen atoms in total. The Labute approximate surface area is 240 Å². The molecule has 0 bridgehead atoms. The van der Waals surface area contributed by atoms with E-state index in [-0.39, 0.29) is 33.1 Å². The van der Waals surface area contributed by atoms with E-state index in [4.69, 9.17) is 23.2 Å². The zero-order valence-corrected chi connectivity index (χ0v) is 24.6. The van der Waals surface area contributed by atoms with Gasteiger partial charge in [0, 0.05) is 13.1 Å². The van der Waals surface area contributed by atoms with Crippen molar-refractivity contribution in [2.75, 3.05) is 17.4 Å². The first-order valence-corrected chi connectivity index (χ1v) is 14.9. The number of hydrogen-bond donors (Lipinski definition) is 1. The lowest BCUT2D eigenvalue weighted by atomic mass is 10.1. The molecule has 0 spiro atoms. The van der Waals surface area contributed by atoms with Gasteiger partial charge >= 0.3 is 0 Å². The maximum absolute atomic E-state index is 13.9. The van der Waals surface area contributed by atoms with E-state index < -0.39 is 28.5 Å². The van der Waals surface area contributed by atoms with Crippen LogP contribution >= 0.6 is 23.2 Å². The highest BCUT2D eigenvalue weighted by Crippen LogP contribution is 2.31. The minimum atomic E-state index is -4.17. The van der Waals surface area contributed by atoms with Crippen molar-refractivity contribution >= 4 is 50.7 Å². The van der Waals surface area contributed by atoms with E-state index in [9.17, 15) is 18.0 Å². The summed E-state index contributed by atoms with van der Waals surface area (Å²) in [4.78, 5) is 28.3. The smallest absolute Gasteiger partial charge is 0.264 e. The first kappa shape index (κ1) is 30.5. The van der Waals surface area contributed by atoms with Gasteiger partial charge in [-0.25, -0.2) is 8.42 Å². The second-order valence-corrected chi connectivity index (χ2v) is 11.9. The Morgan fingerprint density at radius 2 is 1.62 bits per heavy atom. The highest BCUT2D eigenvalue weighted by Gasteiger charge is 2.32. The van der Waals surface area contributed by atoms with Gasteiger partial charge in [-0.1, -0.05) is 84.6 Å². The molecular weight excluding hydrogens is 557 g/mol. The third kappa shape index (κ3) is 7.97. The molecule has 10 heteroatoms. The van der Waals surface area contributed by atoms with Crippen LogP contribution in [-0.2, 0) is 26.2 Å². The number of sulfonamides is 1. The van der Waals surface area contributed by atoms with Crippen LogP contribution in [0, 0.1) is 6.92 Å². The van der Waals surface area contributed by atoms with Crippen molar-refractivity contribution in [2.24, 2.45) is 0 Å². The first-order valence-electron chi connectivity index (χ1n) is 12.7. The average Bonchev–Trinajstić information content (AvgIpc) is 2.93. The summed E-state index contributed by atoms with van der Waals surface area (Å²) in [6, 6.07) is 19.0. The highest BCUT2D eigenvalue weighted by molar-refractivity contribution is 7.92. The second-order valence-electron chi connectivity index (χ2n) is 9.25. The van der Waals surface area contributed by atoms with E-state index in [1.807, 2.05) is 38.1 Å². The monoisotopic (exact) mass is 589 g/mol. The molecule has 0 saturated heterocycles. The fourth-order valence-corrected chi connectivity index (χ4v) is 5.62. The third-order valence-electron chi connectivity index (χ3n) is 6.27. The summed E-state index contributed by atoms with van der Waals surface area (Å²) in [6.45, 7) is 5.69. The third-order valence-corrected chi connectivity index (χ3v) is 8.80. The Hall–Kier alpha value is -3.07. The van der Waals surface area contributed by atoms with Gasteiger partial charge < -0.3 is 10.2 Å². The Kier molecular flexibility index (Phi) is 10.8. The van der Waals surface area contributed by atoms with Crippen molar-refractivity contribution in [3.8, 4) is 0 Å². The van der Waals surface area contributed by atoms with Crippen LogP contribution in [0.25, 0.3) is 0 Å². The van der Waals surface area contributed by atoms with Crippen LogP contribution in [0.3, 0.4) is 0 Å². The molecular formula is C29H33Cl2N3O4S. The normalized spacial score (nSPS) is 12.0. The molecule has 39 heavy (non-hydrogen) atoms. The van der Waals surface area contributed by atoms with Crippen molar-refractivity contribution in [1.29, 1.82) is 0 Å². The summed E-state index contributed by atoms with van der Waals surface area (Å²) in [7, 11) is -4.17. The van der Waals surface area contributed by atoms with Crippen LogP contribution in [0.5, 0.6) is 0 Å². The van der Waals surface area contributed by atoms with Gasteiger partial charge in [-0.05, 0) is 56.2 Å². The van der Waals surface area contributed by atoms with Gasteiger partial charge in [-0.3, -0.25) is 13.9 Å². The lowest BCUT2D eigenvalue weighted by Crippen LogP contribution is -2.51. The molecule has 208 valence electrons. The van der Waals surface area contributed by atoms with Crippen molar-refractivity contribution in [1.82, 2.24) is 10.2 Å². The summed E-state index contributed by atoms with van der Waals surface area (Å²) in [5.74, 6) is -0.852. The number of aryl methyl sites for hydroxylation is 1. The fraction of sp³-hybridized carbons (Fsp3) is 0.310. The van der Waals surface area contributed by atoms with E-state index >= 15 is 0 Å². The molecule has 0 aliphatic carbocycles. The molecule has 0 saturated carbocycles. The maximum atomic E-state index is 13.9. The second kappa shape index (κ2) is 13.8. The van der Waals surface area contributed by atoms with Crippen molar-refractivity contribution in [3.05, 3.63) is 94.0 Å². The maximum Gasteiger partial charge on any atom is 0.264 e. The number of carbonyl (C=O) groups excluding carboxylic acids is 2. The van der Waals surface area contributed by atoms with E-state index in [1.165, 1.54) is 35.2 Å². The molecule has 0 radical (unpaired) electrons. The average molecular weight is 591 g/mol. The predicted octanol–water partition coefficient (Wildman–Crippen LogP) is 5.83. The van der Waals surface area contributed by atoms with Crippen LogP contribution in [0.2, 0.25) is 10.0 Å². The van der Waals surface area contributed by atoms with Crippen LogP contribution in [0.4, 0.5) is 5.69 Å². The van der Waals surface area contributed by atoms with Crippen LogP contribution in [0.1, 0.15) is 37.8 Å². The summed E-state index contributed by atoms with van der Waals surface area (Å²) in [5.41, 5.74) is 2.05. The quantitative estimate of drug-likeness (QED) is 0.269. The largest absolute Gasteiger partial charge is 0.354 e. The zero-order chi connectivity index (χ0) is 28.6. The van der Waals surface area contributed by atoms with Gasteiger partial charge in [0.05, 0.1) is 20.6 Å². The number of nitrogens with one attached hydrogen (secondary N) is 1. The number of rotatable bonds is 12. The van der Waals surface area contributed by atoms with Gasteiger partial charge in [0.25, 0.3) is 10.0 Å². The Morgan fingerprint density at radius 3 is 2.23 bits per heavy atom. The molecule has 1 N–H and O–H groups in total. The molecule has 3 rings (SSSR count). The van der Waals surface area contributed by atoms with Crippen LogP contribution in [-0.4, -0.2) is 44.3 Å². The molecule has 1 atom stereocenters. The number of anilines is 1. The van der Waals surface area contributed by atoms with Crippen LogP contribution in [0.15, 0.2) is 77.7 Å². The van der Waals surface area contributed by atoms with E-state index in [1.54, 1.807) is 25.1 Å². The molecule has 3 aromatic carbocycles. The van der Waals surface area contributed by atoms with E-state index in [0.29, 0.717) is 6.54 Å². The first-order chi connectivity index (χ1) is 18.5. The van der Waals surface area contributed by atoms with Crippen molar-refractivity contribution in [3.63, 3.8) is 0 Å². The molecule has 0 fully saturated rings. The number of unbranched alkanes of at least 4 members (excludes halogenated alkanes) is 1. The van der Waals surface area contributed by atoms with E-state index in [0.717, 1.165) is 28.3 Å². The molecule has 0 aliphatic rings. The number of benzene rings is 3. The lowest BCUT2D eigenvalue weighted by molar-refractivity contribution is -0.139. The topological polar surface area (TPSA) is 86.8 Å². The Balaban J connectivity index is 2.00. The molecule has 0 aliphatic heterocycles. The highest BCUT2D eigenvalue weighted by atomic mass is 35.5. The van der Waals surface area contributed by atoms with Crippen LogP contribution < -0.4 is 9.62 Å². The summed E-state index contributed by atoms with van der Waals surface area (Å²) in [6.07, 6.45) is 1.72. The molecule has 0 aromatic heterocycles. The molecule has 2 amide bonds. The number of halogens is 2. The van der Waals surface area contributed by atoms with Gasteiger partial charge in [0.2, 0.25) is 11.8 Å². The number of amides is 2. The van der Waals surface area contributed by atoms with Gasteiger partial charge in [-0.15, -0.1) is 0 Å². The molecule has 0 unspecified atom stereocenters. The minimum absolute atomic E-state index is 0.0133. The number of carbonyl (C=O) groups is 2. The van der Waals surface area contributed by atoms with Gasteiger partial charge in [0.1, 0.15) is 12.6 Å². The SMILES string of the molecule is CCCCNC(=O)[C@H](C)N(Cc1ccc(C)cc1)C(=O)CN(c1ccc(Cl)c(Cl)c1)S(=O)(=O)c1ccccc1. The molecule has 0 heterocycles. The molecule has 3 aromatic rings. The fourth-order valence-electron chi connectivity index (χ4n) is 3.90. The van der Waals surface area contributed by atoms with E-state index in [2.05, 4.69) is 5.32 Å². The summed E-state index contributed by atoms with van der Waals surface area (Å²) >= 11 is 12.3. The summed E-state index contributed by atoms with van der Waals surface area (Å²) < 4.78 is 28.5. The predicted molar refractivity (Wildman–Crippen MR) is 157 cm³/mol.